The van der Waals surface area contributed by atoms with Crippen molar-refractivity contribution >= 4 is 23.3 Å². The lowest BCUT2D eigenvalue weighted by molar-refractivity contribution is -0.384. The average molecular weight is 295 g/mol. The number of aliphatic carboxylic acids is 1. The Labute approximate surface area is 121 Å². The number of carbonyl (C=O) groups is 2. The lowest BCUT2D eigenvalue weighted by Gasteiger charge is -2.24. The molecule has 0 aliphatic carbocycles. The SMILES string of the molecule is CC(C(=O)O)N(C)c1cc(C(=O)N(C)C)ccc1[N+](=O)[O-]. The Balaban J connectivity index is 3.38. The number of anilines is 1. The van der Waals surface area contributed by atoms with Crippen molar-refractivity contribution in [3.05, 3.63) is 33.9 Å². The Hall–Kier alpha value is -2.64. The highest BCUT2D eigenvalue weighted by atomic mass is 16.6. The summed E-state index contributed by atoms with van der Waals surface area (Å²) in [6.45, 7) is 1.41. The number of likely N-dealkylation sites (N-methyl/N-ethyl adjacent to an activating group) is 1. The Morgan fingerprint density at radius 2 is 1.86 bits per heavy atom. The molecule has 0 radical (unpaired) electrons. The molecule has 8 heteroatoms. The number of carboxylic acids is 1. The summed E-state index contributed by atoms with van der Waals surface area (Å²) in [6, 6.07) is 2.92. The molecule has 0 bridgehead atoms. The summed E-state index contributed by atoms with van der Waals surface area (Å²) in [6.07, 6.45) is 0. The standard InChI is InChI=1S/C13H17N3O5/c1-8(13(18)19)15(4)11-7-9(12(17)14(2)3)5-6-10(11)16(20)21/h5-8H,1-4H3,(H,18,19). The largest absolute Gasteiger partial charge is 0.480 e. The zero-order valence-electron chi connectivity index (χ0n) is 12.2. The average Bonchev–Trinajstić information content (AvgIpc) is 2.43. The number of nitrogens with zero attached hydrogens (tertiary/aromatic N) is 3. The van der Waals surface area contributed by atoms with Gasteiger partial charge in [-0.25, -0.2) is 4.79 Å². The highest BCUT2D eigenvalue weighted by molar-refractivity contribution is 5.96. The first-order valence-electron chi connectivity index (χ1n) is 6.12. The van der Waals surface area contributed by atoms with Crippen molar-refractivity contribution in [2.45, 2.75) is 13.0 Å². The van der Waals surface area contributed by atoms with Crippen molar-refractivity contribution in [1.82, 2.24) is 4.90 Å². The summed E-state index contributed by atoms with van der Waals surface area (Å²) in [5, 5.41) is 20.1. The molecule has 21 heavy (non-hydrogen) atoms. The third-order valence-electron chi connectivity index (χ3n) is 3.14. The predicted octanol–water partition coefficient (Wildman–Crippen LogP) is 1.21. The maximum absolute atomic E-state index is 11.9. The maximum atomic E-state index is 11.9. The van der Waals surface area contributed by atoms with Crippen LogP contribution in [0.4, 0.5) is 11.4 Å². The van der Waals surface area contributed by atoms with Gasteiger partial charge in [0.25, 0.3) is 11.6 Å². The van der Waals surface area contributed by atoms with Crippen LogP contribution >= 0.6 is 0 Å². The van der Waals surface area contributed by atoms with Crippen LogP contribution in [0.2, 0.25) is 0 Å². The Morgan fingerprint density at radius 1 is 1.29 bits per heavy atom. The molecule has 1 aromatic carbocycles. The molecule has 1 aromatic rings. The number of hydrogen-bond acceptors (Lipinski definition) is 5. The zero-order chi connectivity index (χ0) is 16.3. The Morgan fingerprint density at radius 3 is 2.29 bits per heavy atom. The van der Waals surface area contributed by atoms with E-state index in [1.807, 2.05) is 0 Å². The molecule has 1 unspecified atom stereocenters. The van der Waals surface area contributed by atoms with E-state index in [4.69, 9.17) is 5.11 Å². The zero-order valence-corrected chi connectivity index (χ0v) is 12.2. The van der Waals surface area contributed by atoms with Crippen molar-refractivity contribution < 1.29 is 19.6 Å². The number of amides is 1. The number of benzene rings is 1. The lowest BCUT2D eigenvalue weighted by atomic mass is 10.1. The minimum Gasteiger partial charge on any atom is -0.480 e. The summed E-state index contributed by atoms with van der Waals surface area (Å²) in [5.74, 6) is -1.43. The lowest BCUT2D eigenvalue weighted by Crippen LogP contribution is -2.36. The molecule has 0 heterocycles. The minimum absolute atomic E-state index is 0.0857. The van der Waals surface area contributed by atoms with Gasteiger partial charge in [0, 0.05) is 32.8 Å². The van der Waals surface area contributed by atoms with Crippen molar-refractivity contribution in [2.24, 2.45) is 0 Å². The van der Waals surface area contributed by atoms with Crippen molar-refractivity contribution in [3.63, 3.8) is 0 Å². The van der Waals surface area contributed by atoms with Crippen molar-refractivity contribution in [1.29, 1.82) is 0 Å². The van der Waals surface area contributed by atoms with Crippen molar-refractivity contribution in [2.75, 3.05) is 26.0 Å². The van der Waals surface area contributed by atoms with E-state index in [0.717, 1.165) is 0 Å². The van der Waals surface area contributed by atoms with Crippen LogP contribution in [0.3, 0.4) is 0 Å². The van der Waals surface area contributed by atoms with Gasteiger partial charge in [0.15, 0.2) is 0 Å². The number of rotatable bonds is 5. The van der Waals surface area contributed by atoms with Crippen LogP contribution in [0.25, 0.3) is 0 Å². The van der Waals surface area contributed by atoms with Crippen molar-refractivity contribution in [3.8, 4) is 0 Å². The maximum Gasteiger partial charge on any atom is 0.326 e. The van der Waals surface area contributed by atoms with Gasteiger partial charge in [0.1, 0.15) is 11.7 Å². The molecule has 1 rings (SSSR count). The van der Waals surface area contributed by atoms with Crippen LogP contribution in [0.1, 0.15) is 17.3 Å². The molecule has 1 N–H and O–H groups in total. The molecule has 1 atom stereocenters. The highest BCUT2D eigenvalue weighted by Crippen LogP contribution is 2.30. The second-order valence-corrected chi connectivity index (χ2v) is 4.79. The fraction of sp³-hybridized carbons (Fsp3) is 0.385. The summed E-state index contributed by atoms with van der Waals surface area (Å²) in [5.41, 5.74) is 0.0912. The van der Waals surface area contributed by atoms with Crippen LogP contribution in [-0.4, -0.2) is 54.0 Å². The number of nitro benzene ring substituents is 1. The first-order valence-corrected chi connectivity index (χ1v) is 6.12. The molecular weight excluding hydrogens is 278 g/mol. The van der Waals surface area contributed by atoms with Gasteiger partial charge in [0.05, 0.1) is 4.92 Å². The fourth-order valence-electron chi connectivity index (χ4n) is 1.73. The van der Waals surface area contributed by atoms with Gasteiger partial charge in [-0.15, -0.1) is 0 Å². The molecule has 0 spiro atoms. The second kappa shape index (κ2) is 6.21. The number of nitro groups is 1. The quantitative estimate of drug-likeness (QED) is 0.646. The van der Waals surface area contributed by atoms with Crippen LogP contribution in [-0.2, 0) is 4.79 Å². The van der Waals surface area contributed by atoms with Gasteiger partial charge < -0.3 is 14.9 Å². The summed E-state index contributed by atoms with van der Waals surface area (Å²) >= 11 is 0. The number of carboxylic acid groups (broad SMARTS) is 1. The van der Waals surface area contributed by atoms with E-state index in [2.05, 4.69) is 0 Å². The second-order valence-electron chi connectivity index (χ2n) is 4.79. The van der Waals surface area contributed by atoms with Gasteiger partial charge in [0.2, 0.25) is 0 Å². The van der Waals surface area contributed by atoms with Crippen LogP contribution in [0.5, 0.6) is 0 Å². The van der Waals surface area contributed by atoms with E-state index >= 15 is 0 Å². The molecule has 0 aromatic heterocycles. The monoisotopic (exact) mass is 295 g/mol. The smallest absolute Gasteiger partial charge is 0.326 e. The molecule has 0 saturated heterocycles. The van der Waals surface area contributed by atoms with Crippen LogP contribution < -0.4 is 4.90 Å². The van der Waals surface area contributed by atoms with E-state index < -0.39 is 16.9 Å². The molecule has 0 saturated carbocycles. The third kappa shape index (κ3) is 3.47. The van der Waals surface area contributed by atoms with E-state index in [0.29, 0.717) is 0 Å². The number of hydrogen-bond donors (Lipinski definition) is 1. The van der Waals surface area contributed by atoms with Crippen LogP contribution in [0.15, 0.2) is 18.2 Å². The molecular formula is C13H17N3O5. The topological polar surface area (TPSA) is 104 Å². The molecule has 0 aliphatic rings. The van der Waals surface area contributed by atoms with E-state index in [9.17, 15) is 19.7 Å². The molecule has 1 amide bonds. The third-order valence-corrected chi connectivity index (χ3v) is 3.14. The molecule has 8 nitrogen and oxygen atoms in total. The highest BCUT2D eigenvalue weighted by Gasteiger charge is 2.25. The minimum atomic E-state index is -1.11. The van der Waals surface area contributed by atoms with Gasteiger partial charge in [-0.05, 0) is 19.1 Å². The summed E-state index contributed by atoms with van der Waals surface area (Å²) in [4.78, 5) is 36.0. The molecule has 114 valence electrons. The summed E-state index contributed by atoms with van der Waals surface area (Å²) < 4.78 is 0. The first kappa shape index (κ1) is 16.4. The normalized spacial score (nSPS) is 11.6. The Kier molecular flexibility index (Phi) is 4.85. The molecule has 0 fully saturated rings. The van der Waals surface area contributed by atoms with Gasteiger partial charge in [-0.2, -0.15) is 0 Å². The van der Waals surface area contributed by atoms with Gasteiger partial charge in [-0.1, -0.05) is 0 Å². The van der Waals surface area contributed by atoms with Crippen LogP contribution in [0, 0.1) is 10.1 Å². The molecule has 0 aliphatic heterocycles. The van der Waals surface area contributed by atoms with Gasteiger partial charge in [-0.3, -0.25) is 14.9 Å². The Bertz CT molecular complexity index is 585. The van der Waals surface area contributed by atoms with Gasteiger partial charge >= 0.3 is 5.97 Å². The number of carbonyl (C=O) groups excluding carboxylic acids is 1. The predicted molar refractivity (Wildman–Crippen MR) is 76.6 cm³/mol. The van der Waals surface area contributed by atoms with E-state index in [1.54, 1.807) is 14.1 Å². The first-order chi connectivity index (χ1) is 9.66. The summed E-state index contributed by atoms with van der Waals surface area (Å²) in [7, 11) is 4.56. The fourth-order valence-corrected chi connectivity index (χ4v) is 1.73. The van der Waals surface area contributed by atoms with E-state index in [1.165, 1.54) is 42.0 Å². The van der Waals surface area contributed by atoms with E-state index in [-0.39, 0.29) is 22.8 Å².